The number of halogens is 2. The van der Waals surface area contributed by atoms with E-state index in [2.05, 4.69) is 27.6 Å². The molecule has 3 nitrogen and oxygen atoms in total. The van der Waals surface area contributed by atoms with Crippen molar-refractivity contribution in [2.45, 2.75) is 0 Å². The molecule has 0 saturated heterocycles. The molecule has 0 fully saturated rings. The number of carbonyl (C=O) groups excluding carboxylic acids is 1. The Kier molecular flexibility index (Phi) is 3.91. The minimum absolute atomic E-state index is 0.251. The number of rotatable bonds is 2. The Balaban J connectivity index is 2.00. The third-order valence-electron chi connectivity index (χ3n) is 2.60. The average molecular weight is 416 g/mol. The molecule has 2 heterocycles. The van der Waals surface area contributed by atoms with Crippen LogP contribution in [-0.4, -0.2) is 11.9 Å². The van der Waals surface area contributed by atoms with Crippen LogP contribution in [0.3, 0.4) is 0 Å². The predicted molar refractivity (Wildman–Crippen MR) is 89.1 cm³/mol. The van der Waals surface area contributed by atoms with Crippen LogP contribution >= 0.6 is 45.5 Å². The number of esters is 1. The molecule has 100 valence electrons. The Hall–Kier alpha value is -1.18. The molecular weight excluding hydrogens is 409 g/mol. The van der Waals surface area contributed by atoms with Crippen LogP contribution in [0, 0.1) is 3.57 Å². The van der Waals surface area contributed by atoms with E-state index in [-0.39, 0.29) is 11.6 Å². The van der Waals surface area contributed by atoms with Gasteiger partial charge in [0.05, 0.1) is 10.6 Å². The zero-order chi connectivity index (χ0) is 14.1. The number of aliphatic imine (C=N–C) groups is 1. The smallest absolute Gasteiger partial charge is 0.363 e. The Morgan fingerprint density at radius 3 is 2.95 bits per heavy atom. The van der Waals surface area contributed by atoms with Gasteiger partial charge in [0.2, 0.25) is 5.90 Å². The molecule has 3 rings (SSSR count). The number of hydrogen-bond donors (Lipinski definition) is 0. The molecule has 6 heteroatoms. The molecule has 0 unspecified atom stereocenters. The molecule has 0 aliphatic carbocycles. The van der Waals surface area contributed by atoms with E-state index >= 15 is 0 Å². The molecule has 0 saturated carbocycles. The predicted octanol–water partition coefficient (Wildman–Crippen LogP) is 4.35. The van der Waals surface area contributed by atoms with Crippen molar-refractivity contribution < 1.29 is 9.53 Å². The van der Waals surface area contributed by atoms with Crippen molar-refractivity contribution in [3.63, 3.8) is 0 Å². The fraction of sp³-hybridized carbons (Fsp3) is 0. The minimum Gasteiger partial charge on any atom is -0.402 e. The van der Waals surface area contributed by atoms with Crippen LogP contribution in [0.25, 0.3) is 6.08 Å². The number of benzene rings is 1. The van der Waals surface area contributed by atoms with Crippen molar-refractivity contribution in [1.82, 2.24) is 0 Å². The monoisotopic (exact) mass is 415 g/mol. The second kappa shape index (κ2) is 5.67. The van der Waals surface area contributed by atoms with Gasteiger partial charge >= 0.3 is 5.97 Å². The van der Waals surface area contributed by atoms with Crippen molar-refractivity contribution in [3.05, 3.63) is 60.4 Å². The highest BCUT2D eigenvalue weighted by molar-refractivity contribution is 14.1. The van der Waals surface area contributed by atoms with E-state index in [0.717, 1.165) is 8.45 Å². The lowest BCUT2D eigenvalue weighted by molar-refractivity contribution is -0.129. The molecule has 1 aromatic heterocycles. The van der Waals surface area contributed by atoms with Gasteiger partial charge in [0.25, 0.3) is 0 Å². The van der Waals surface area contributed by atoms with E-state index in [4.69, 9.17) is 16.3 Å². The maximum absolute atomic E-state index is 11.8. The molecular formula is C14H7ClINO2S. The first-order chi connectivity index (χ1) is 9.63. The largest absolute Gasteiger partial charge is 0.402 e. The molecule has 0 atom stereocenters. The lowest BCUT2D eigenvalue weighted by Gasteiger charge is -2.02. The zero-order valence-electron chi connectivity index (χ0n) is 9.97. The highest BCUT2D eigenvalue weighted by atomic mass is 127. The first-order valence-electron chi connectivity index (χ1n) is 5.65. The molecule has 0 amide bonds. The number of hydrogen-bond acceptors (Lipinski definition) is 4. The van der Waals surface area contributed by atoms with Crippen LogP contribution in [0.2, 0.25) is 5.02 Å². The van der Waals surface area contributed by atoms with Gasteiger partial charge in [-0.2, -0.15) is 0 Å². The summed E-state index contributed by atoms with van der Waals surface area (Å²) < 4.78 is 6.20. The summed E-state index contributed by atoms with van der Waals surface area (Å²) in [4.78, 5) is 17.0. The van der Waals surface area contributed by atoms with E-state index in [0.29, 0.717) is 10.6 Å². The maximum atomic E-state index is 11.8. The van der Waals surface area contributed by atoms with Crippen molar-refractivity contribution in [2.24, 2.45) is 4.99 Å². The van der Waals surface area contributed by atoms with Gasteiger partial charge in [0.1, 0.15) is 0 Å². The third-order valence-corrected chi connectivity index (χ3v) is 4.42. The molecule has 1 aromatic carbocycles. The van der Waals surface area contributed by atoms with Gasteiger partial charge in [-0.1, -0.05) is 17.7 Å². The number of cyclic esters (lactones) is 1. The zero-order valence-corrected chi connectivity index (χ0v) is 13.7. The first-order valence-corrected chi connectivity index (χ1v) is 7.98. The lowest BCUT2D eigenvalue weighted by Crippen LogP contribution is -2.06. The molecule has 0 N–H and O–H groups in total. The Morgan fingerprint density at radius 1 is 1.35 bits per heavy atom. The molecule has 20 heavy (non-hydrogen) atoms. The number of carbonyl (C=O) groups is 1. The Labute approximate surface area is 138 Å². The topological polar surface area (TPSA) is 38.7 Å². The molecule has 1 aliphatic heterocycles. The summed E-state index contributed by atoms with van der Waals surface area (Å²) in [7, 11) is 0. The summed E-state index contributed by atoms with van der Waals surface area (Å²) in [6.07, 6.45) is 1.71. The fourth-order valence-electron chi connectivity index (χ4n) is 1.69. The van der Waals surface area contributed by atoms with Crippen LogP contribution in [0.15, 0.2) is 46.4 Å². The van der Waals surface area contributed by atoms with Crippen molar-refractivity contribution in [1.29, 1.82) is 0 Å². The standard InChI is InChI=1S/C14H7ClINO2S/c15-11-4-3-8(16)6-10(11)13-17-12(14(18)19-13)7-9-2-1-5-20-9/h1-7H. The second-order valence-corrected chi connectivity index (χ2v) is 6.61. The summed E-state index contributed by atoms with van der Waals surface area (Å²) in [6, 6.07) is 9.31. The van der Waals surface area contributed by atoms with E-state index in [1.807, 2.05) is 29.6 Å². The Morgan fingerprint density at radius 2 is 2.20 bits per heavy atom. The van der Waals surface area contributed by atoms with Gasteiger partial charge in [-0.25, -0.2) is 9.79 Å². The van der Waals surface area contributed by atoms with Gasteiger partial charge in [-0.05, 0) is 58.3 Å². The van der Waals surface area contributed by atoms with Gasteiger partial charge in [0, 0.05) is 8.45 Å². The van der Waals surface area contributed by atoms with E-state index in [1.165, 1.54) is 11.3 Å². The summed E-state index contributed by atoms with van der Waals surface area (Å²) in [5.74, 6) is -0.204. The van der Waals surface area contributed by atoms with Crippen molar-refractivity contribution in [3.8, 4) is 0 Å². The number of thiophene rings is 1. The van der Waals surface area contributed by atoms with Crippen LogP contribution in [0.5, 0.6) is 0 Å². The van der Waals surface area contributed by atoms with Gasteiger partial charge in [0.15, 0.2) is 5.70 Å². The van der Waals surface area contributed by atoms with Gasteiger partial charge in [-0.3, -0.25) is 0 Å². The summed E-state index contributed by atoms with van der Waals surface area (Å²) in [6.45, 7) is 0. The fourth-order valence-corrected chi connectivity index (χ4v) is 3.03. The number of ether oxygens (including phenoxy) is 1. The van der Waals surface area contributed by atoms with Crippen LogP contribution < -0.4 is 0 Å². The van der Waals surface area contributed by atoms with Crippen LogP contribution in [-0.2, 0) is 9.53 Å². The molecule has 0 spiro atoms. The number of nitrogens with zero attached hydrogens (tertiary/aromatic N) is 1. The second-order valence-electron chi connectivity index (χ2n) is 3.98. The Bertz CT molecular complexity index is 738. The van der Waals surface area contributed by atoms with Crippen LogP contribution in [0.1, 0.15) is 10.4 Å². The summed E-state index contributed by atoms with van der Waals surface area (Å²) in [5, 5.41) is 2.45. The lowest BCUT2D eigenvalue weighted by atomic mass is 10.2. The highest BCUT2D eigenvalue weighted by Gasteiger charge is 2.25. The van der Waals surface area contributed by atoms with E-state index in [1.54, 1.807) is 12.1 Å². The van der Waals surface area contributed by atoms with Gasteiger partial charge < -0.3 is 4.74 Å². The SMILES string of the molecule is O=C1OC(c2cc(I)ccc2Cl)=NC1=Cc1cccs1. The normalized spacial score (nSPS) is 16.4. The quantitative estimate of drug-likeness (QED) is 0.415. The third kappa shape index (κ3) is 2.79. The van der Waals surface area contributed by atoms with Crippen molar-refractivity contribution in [2.75, 3.05) is 0 Å². The summed E-state index contributed by atoms with van der Waals surface area (Å²) >= 11 is 9.83. The minimum atomic E-state index is -0.455. The molecule has 1 aliphatic rings. The molecule has 0 radical (unpaired) electrons. The summed E-state index contributed by atoms with van der Waals surface area (Å²) in [5.41, 5.74) is 0.916. The molecule has 2 aromatic rings. The highest BCUT2D eigenvalue weighted by Crippen LogP contribution is 2.25. The first kappa shape index (κ1) is 13.8. The maximum Gasteiger partial charge on any atom is 0.363 e. The van der Waals surface area contributed by atoms with Crippen LogP contribution in [0.4, 0.5) is 0 Å². The van der Waals surface area contributed by atoms with E-state index < -0.39 is 5.97 Å². The average Bonchev–Trinajstić information content (AvgIpc) is 3.04. The van der Waals surface area contributed by atoms with Crippen molar-refractivity contribution >= 4 is 63.5 Å². The van der Waals surface area contributed by atoms with E-state index in [9.17, 15) is 4.79 Å². The molecule has 0 bridgehead atoms. The van der Waals surface area contributed by atoms with Gasteiger partial charge in [-0.15, -0.1) is 11.3 Å².